The van der Waals surface area contributed by atoms with Crippen molar-refractivity contribution in [2.75, 3.05) is 0 Å². The molecular weight excluding hydrogens is 206 g/mol. The number of aliphatic imine (C=N–C) groups is 2. The lowest BCUT2D eigenvalue weighted by Gasteiger charge is -1.96. The molecule has 0 radical (unpaired) electrons. The first-order chi connectivity index (χ1) is 7.66. The van der Waals surface area contributed by atoms with E-state index in [0.29, 0.717) is 5.69 Å². The van der Waals surface area contributed by atoms with Gasteiger partial charge in [-0.1, -0.05) is 6.07 Å². The number of H-pyrrole nitrogens is 1. The molecule has 0 fully saturated rings. The van der Waals surface area contributed by atoms with E-state index in [0.717, 1.165) is 11.0 Å². The Morgan fingerprint density at radius 1 is 1.25 bits per heavy atom. The van der Waals surface area contributed by atoms with Crippen LogP contribution < -0.4 is 17.2 Å². The fourth-order valence-corrected chi connectivity index (χ4v) is 1.32. The second-order valence-electron chi connectivity index (χ2n) is 3.08. The third-order valence-electron chi connectivity index (χ3n) is 1.91. The molecule has 0 bridgehead atoms. The van der Waals surface area contributed by atoms with Gasteiger partial charge in [0.15, 0.2) is 5.96 Å². The number of hydrogen-bond acceptors (Lipinski definition) is 2. The molecule has 0 saturated heterocycles. The minimum atomic E-state index is -0.129. The monoisotopic (exact) mass is 217 g/mol. The van der Waals surface area contributed by atoms with E-state index >= 15 is 0 Å². The number of aromatic nitrogens is 2. The molecule has 1 heterocycles. The number of hydrogen-bond donors (Lipinski definition) is 4. The van der Waals surface area contributed by atoms with Crippen LogP contribution in [0.1, 0.15) is 0 Å². The van der Waals surface area contributed by atoms with Crippen LogP contribution in [-0.2, 0) is 0 Å². The first-order valence-electron chi connectivity index (χ1n) is 4.52. The van der Waals surface area contributed by atoms with E-state index in [1.165, 1.54) is 0 Å². The van der Waals surface area contributed by atoms with Gasteiger partial charge < -0.3 is 22.2 Å². The van der Waals surface area contributed by atoms with Crippen LogP contribution >= 0.6 is 0 Å². The van der Waals surface area contributed by atoms with Crippen LogP contribution in [0, 0.1) is 0 Å². The Morgan fingerprint density at radius 2 is 2.06 bits per heavy atom. The highest BCUT2D eigenvalue weighted by molar-refractivity contribution is 5.96. The SMILES string of the molecule is NC(N)=NC(N)=Nc1cccc2[nH]cnc12. The summed E-state index contributed by atoms with van der Waals surface area (Å²) in [6.45, 7) is 0. The minimum Gasteiger partial charge on any atom is -0.370 e. The molecule has 0 atom stereocenters. The highest BCUT2D eigenvalue weighted by atomic mass is 15.1. The summed E-state index contributed by atoms with van der Waals surface area (Å²) in [6, 6.07) is 5.50. The van der Waals surface area contributed by atoms with E-state index in [-0.39, 0.29) is 11.9 Å². The zero-order valence-electron chi connectivity index (χ0n) is 8.38. The number of benzene rings is 1. The Morgan fingerprint density at radius 3 is 2.81 bits per heavy atom. The third kappa shape index (κ3) is 1.92. The fraction of sp³-hybridized carbons (Fsp3) is 0. The number of para-hydroxylation sites is 1. The molecule has 0 saturated carbocycles. The Hall–Kier alpha value is -2.57. The highest BCUT2D eigenvalue weighted by Gasteiger charge is 2.02. The van der Waals surface area contributed by atoms with Crippen molar-refractivity contribution >= 4 is 28.6 Å². The third-order valence-corrected chi connectivity index (χ3v) is 1.91. The van der Waals surface area contributed by atoms with E-state index < -0.39 is 0 Å². The standard InChI is InChI=1S/C9H11N7/c10-8(11)16-9(12)15-6-3-1-2-5-7(6)14-4-13-5/h1-4H,(H,13,14)(H6,10,11,12,15,16). The second-order valence-corrected chi connectivity index (χ2v) is 3.08. The Kier molecular flexibility index (Phi) is 2.42. The van der Waals surface area contributed by atoms with Gasteiger partial charge in [-0.05, 0) is 12.1 Å². The van der Waals surface area contributed by atoms with Gasteiger partial charge in [-0.25, -0.2) is 9.98 Å². The highest BCUT2D eigenvalue weighted by Crippen LogP contribution is 2.22. The topological polar surface area (TPSA) is 131 Å². The van der Waals surface area contributed by atoms with Crippen molar-refractivity contribution in [3.8, 4) is 0 Å². The number of aromatic amines is 1. The van der Waals surface area contributed by atoms with Crippen molar-refractivity contribution in [2.45, 2.75) is 0 Å². The van der Waals surface area contributed by atoms with Crippen LogP contribution in [-0.4, -0.2) is 21.9 Å². The molecule has 0 spiro atoms. The molecule has 82 valence electrons. The minimum absolute atomic E-state index is 0.00417. The lowest BCUT2D eigenvalue weighted by atomic mass is 10.3. The Bertz CT molecular complexity index is 562. The van der Waals surface area contributed by atoms with E-state index in [1.807, 2.05) is 12.1 Å². The molecule has 7 nitrogen and oxygen atoms in total. The molecule has 0 amide bonds. The molecule has 1 aromatic heterocycles. The van der Waals surface area contributed by atoms with Crippen LogP contribution in [0.25, 0.3) is 11.0 Å². The van der Waals surface area contributed by atoms with Crippen LogP contribution in [0.4, 0.5) is 5.69 Å². The van der Waals surface area contributed by atoms with Crippen molar-refractivity contribution in [3.05, 3.63) is 24.5 Å². The number of nitrogens with one attached hydrogen (secondary N) is 1. The summed E-state index contributed by atoms with van der Waals surface area (Å²) in [5, 5.41) is 0. The summed E-state index contributed by atoms with van der Waals surface area (Å²) in [7, 11) is 0. The molecule has 7 N–H and O–H groups in total. The number of rotatable bonds is 1. The summed E-state index contributed by atoms with van der Waals surface area (Å²) < 4.78 is 0. The summed E-state index contributed by atoms with van der Waals surface area (Å²) in [5.74, 6) is -0.133. The lowest BCUT2D eigenvalue weighted by molar-refractivity contribution is 1.34. The smallest absolute Gasteiger partial charge is 0.223 e. The first-order valence-corrected chi connectivity index (χ1v) is 4.52. The molecule has 2 rings (SSSR count). The number of fused-ring (bicyclic) bond motifs is 1. The molecule has 7 heteroatoms. The van der Waals surface area contributed by atoms with E-state index in [4.69, 9.17) is 17.2 Å². The van der Waals surface area contributed by atoms with Crippen molar-refractivity contribution in [2.24, 2.45) is 27.2 Å². The van der Waals surface area contributed by atoms with Crippen molar-refractivity contribution in [1.29, 1.82) is 0 Å². The molecular formula is C9H11N7. The summed E-state index contributed by atoms with van der Waals surface area (Å²) in [4.78, 5) is 14.8. The second kappa shape index (κ2) is 3.89. The summed E-state index contributed by atoms with van der Waals surface area (Å²) in [6.07, 6.45) is 1.58. The molecule has 0 aliphatic rings. The number of nitrogens with zero attached hydrogens (tertiary/aromatic N) is 3. The zero-order chi connectivity index (χ0) is 11.5. The van der Waals surface area contributed by atoms with Gasteiger partial charge in [-0.2, -0.15) is 4.99 Å². The summed E-state index contributed by atoms with van der Waals surface area (Å²) in [5.41, 5.74) is 18.1. The number of guanidine groups is 2. The Balaban J connectivity index is 2.48. The maximum Gasteiger partial charge on any atom is 0.223 e. The molecule has 1 aromatic carbocycles. The van der Waals surface area contributed by atoms with Gasteiger partial charge in [-0.15, -0.1) is 0 Å². The van der Waals surface area contributed by atoms with Gasteiger partial charge >= 0.3 is 0 Å². The van der Waals surface area contributed by atoms with Gasteiger partial charge in [-0.3, -0.25) is 0 Å². The van der Waals surface area contributed by atoms with Gasteiger partial charge in [0.25, 0.3) is 0 Å². The van der Waals surface area contributed by atoms with Gasteiger partial charge in [0.1, 0.15) is 5.52 Å². The van der Waals surface area contributed by atoms with Crippen molar-refractivity contribution in [1.82, 2.24) is 9.97 Å². The van der Waals surface area contributed by atoms with E-state index in [2.05, 4.69) is 20.0 Å². The normalized spacial score (nSPS) is 11.6. The van der Waals surface area contributed by atoms with Gasteiger partial charge in [0.2, 0.25) is 5.96 Å². The lowest BCUT2D eigenvalue weighted by Crippen LogP contribution is -2.26. The molecule has 0 aliphatic heterocycles. The van der Waals surface area contributed by atoms with Gasteiger partial charge in [0.05, 0.1) is 17.5 Å². The zero-order valence-corrected chi connectivity index (χ0v) is 8.38. The van der Waals surface area contributed by atoms with Crippen LogP contribution in [0.5, 0.6) is 0 Å². The predicted octanol–water partition coefficient (Wildman–Crippen LogP) is -0.217. The molecule has 0 aliphatic carbocycles. The first kappa shape index (κ1) is 9.97. The predicted molar refractivity (Wildman–Crippen MR) is 63.2 cm³/mol. The van der Waals surface area contributed by atoms with Crippen LogP contribution in [0.2, 0.25) is 0 Å². The Labute approximate surface area is 91.1 Å². The van der Waals surface area contributed by atoms with Crippen molar-refractivity contribution < 1.29 is 0 Å². The number of imidazole rings is 1. The van der Waals surface area contributed by atoms with Crippen LogP contribution in [0.3, 0.4) is 0 Å². The maximum atomic E-state index is 5.53. The van der Waals surface area contributed by atoms with Crippen molar-refractivity contribution in [3.63, 3.8) is 0 Å². The van der Waals surface area contributed by atoms with E-state index in [9.17, 15) is 0 Å². The van der Waals surface area contributed by atoms with Crippen LogP contribution in [0.15, 0.2) is 34.5 Å². The molecule has 2 aromatic rings. The number of nitrogens with two attached hydrogens (primary N) is 3. The summed E-state index contributed by atoms with van der Waals surface area (Å²) >= 11 is 0. The fourth-order valence-electron chi connectivity index (χ4n) is 1.32. The van der Waals surface area contributed by atoms with Gasteiger partial charge in [0, 0.05) is 0 Å². The quantitative estimate of drug-likeness (QED) is 0.388. The average molecular weight is 217 g/mol. The average Bonchev–Trinajstić information content (AvgIpc) is 2.65. The maximum absolute atomic E-state index is 5.53. The van der Waals surface area contributed by atoms with E-state index in [1.54, 1.807) is 12.4 Å². The molecule has 16 heavy (non-hydrogen) atoms. The molecule has 0 unspecified atom stereocenters. The largest absolute Gasteiger partial charge is 0.370 e.